The van der Waals surface area contributed by atoms with Crippen LogP contribution in [-0.2, 0) is 27.0 Å². The number of hydrogen-bond donors (Lipinski definition) is 0. The summed E-state index contributed by atoms with van der Waals surface area (Å²) in [4.78, 5) is 14.6. The summed E-state index contributed by atoms with van der Waals surface area (Å²) in [5.41, 5.74) is 2.94. The largest absolute Gasteiger partial charge is 0.311 e. The van der Waals surface area contributed by atoms with Crippen LogP contribution in [0, 0.1) is 0 Å². The van der Waals surface area contributed by atoms with Gasteiger partial charge in [-0.3, -0.25) is 4.79 Å². The maximum Gasteiger partial charge on any atom is 0.242 e. The van der Waals surface area contributed by atoms with E-state index >= 15 is 0 Å². The molecule has 0 fully saturated rings. The van der Waals surface area contributed by atoms with Crippen LogP contribution in [0.1, 0.15) is 11.1 Å². The number of carbonyl (C=O) groups is 1. The zero-order valence-corrected chi connectivity index (χ0v) is 16.5. The average molecular weight is 391 g/mol. The Kier molecular flexibility index (Phi) is 5.70. The van der Waals surface area contributed by atoms with E-state index in [0.29, 0.717) is 18.7 Å². The molecule has 0 saturated heterocycles. The van der Waals surface area contributed by atoms with Crippen molar-refractivity contribution in [2.24, 2.45) is 0 Å². The van der Waals surface area contributed by atoms with Gasteiger partial charge in [-0.05, 0) is 35.7 Å². The highest BCUT2D eigenvalue weighted by Gasteiger charge is 2.27. The van der Waals surface area contributed by atoms with E-state index in [1.807, 2.05) is 18.2 Å². The molecule has 7 heteroatoms. The lowest BCUT2D eigenvalue weighted by molar-refractivity contribution is -0.116. The Morgan fingerprint density at radius 1 is 1.15 bits per heavy atom. The molecule has 2 aromatic carbocycles. The van der Waals surface area contributed by atoms with Gasteiger partial charge in [0.25, 0.3) is 0 Å². The number of rotatable bonds is 6. The third-order valence-corrected chi connectivity index (χ3v) is 7.16. The van der Waals surface area contributed by atoms with Gasteiger partial charge in [0.1, 0.15) is 0 Å². The Morgan fingerprint density at radius 2 is 1.88 bits per heavy atom. The number of thioether (sulfide) groups is 1. The van der Waals surface area contributed by atoms with Gasteiger partial charge in [-0.25, -0.2) is 12.7 Å². The summed E-state index contributed by atoms with van der Waals surface area (Å²) in [5.74, 6) is 1.27. The van der Waals surface area contributed by atoms with Gasteiger partial charge in [-0.1, -0.05) is 30.3 Å². The summed E-state index contributed by atoms with van der Waals surface area (Å²) in [7, 11) is -0.423. The molecule has 0 atom stereocenters. The van der Waals surface area contributed by atoms with Crippen LogP contribution in [0.5, 0.6) is 0 Å². The normalized spacial score (nSPS) is 13.9. The summed E-state index contributed by atoms with van der Waals surface area (Å²) in [6.07, 6.45) is 0.682. The zero-order valence-electron chi connectivity index (χ0n) is 14.9. The van der Waals surface area contributed by atoms with Gasteiger partial charge in [0.05, 0.1) is 10.6 Å². The van der Waals surface area contributed by atoms with Crippen molar-refractivity contribution in [3.63, 3.8) is 0 Å². The lowest BCUT2D eigenvalue weighted by atomic mass is 10.2. The van der Waals surface area contributed by atoms with E-state index in [2.05, 4.69) is 12.1 Å². The van der Waals surface area contributed by atoms with E-state index in [0.717, 1.165) is 17.0 Å². The Balaban J connectivity index is 1.66. The fourth-order valence-corrected chi connectivity index (χ4v) is 4.73. The predicted molar refractivity (Wildman–Crippen MR) is 106 cm³/mol. The summed E-state index contributed by atoms with van der Waals surface area (Å²) >= 11 is 1.59. The molecule has 5 nitrogen and oxygen atoms in total. The number of anilines is 1. The van der Waals surface area contributed by atoms with Crippen molar-refractivity contribution in [3.8, 4) is 0 Å². The van der Waals surface area contributed by atoms with Crippen LogP contribution >= 0.6 is 11.8 Å². The van der Waals surface area contributed by atoms with E-state index in [1.54, 1.807) is 34.9 Å². The van der Waals surface area contributed by atoms with Crippen molar-refractivity contribution in [2.45, 2.75) is 17.1 Å². The molecule has 0 bridgehead atoms. The second-order valence-electron chi connectivity index (χ2n) is 6.35. The van der Waals surface area contributed by atoms with Gasteiger partial charge >= 0.3 is 0 Å². The first kappa shape index (κ1) is 18.9. The molecule has 0 spiro atoms. The first-order valence-corrected chi connectivity index (χ1v) is 11.0. The second-order valence-corrected chi connectivity index (χ2v) is 9.49. The molecule has 0 aliphatic carbocycles. The van der Waals surface area contributed by atoms with Gasteiger partial charge in [-0.2, -0.15) is 0 Å². The SMILES string of the molecule is CN(C)S(=O)(=O)c1ccc2c(c1)CCN2C(=O)CSCc1ccccc1. The highest BCUT2D eigenvalue weighted by molar-refractivity contribution is 7.99. The third-order valence-electron chi connectivity index (χ3n) is 4.36. The van der Waals surface area contributed by atoms with Gasteiger partial charge in [0, 0.05) is 32.1 Å². The lowest BCUT2D eigenvalue weighted by Gasteiger charge is -2.18. The molecule has 0 radical (unpaired) electrons. The molecule has 26 heavy (non-hydrogen) atoms. The molecule has 0 unspecified atom stereocenters. The minimum Gasteiger partial charge on any atom is -0.311 e. The van der Waals surface area contributed by atoms with Crippen molar-refractivity contribution in [1.82, 2.24) is 4.31 Å². The summed E-state index contributed by atoms with van der Waals surface area (Å²) in [5, 5.41) is 0. The molecule has 1 amide bonds. The third kappa shape index (κ3) is 3.95. The summed E-state index contributed by atoms with van der Waals surface area (Å²) in [6.45, 7) is 0.603. The monoisotopic (exact) mass is 390 g/mol. The van der Waals surface area contributed by atoms with Gasteiger partial charge in [0.2, 0.25) is 15.9 Å². The van der Waals surface area contributed by atoms with Crippen LogP contribution in [0.2, 0.25) is 0 Å². The predicted octanol–water partition coefficient (Wildman–Crippen LogP) is 2.76. The lowest BCUT2D eigenvalue weighted by Crippen LogP contribution is -2.30. The van der Waals surface area contributed by atoms with E-state index in [1.165, 1.54) is 24.0 Å². The highest BCUT2D eigenvalue weighted by Crippen LogP contribution is 2.31. The van der Waals surface area contributed by atoms with Crippen molar-refractivity contribution in [1.29, 1.82) is 0 Å². The molecule has 1 aliphatic rings. The van der Waals surface area contributed by atoms with Crippen LogP contribution < -0.4 is 4.90 Å². The Hall–Kier alpha value is -1.83. The minimum absolute atomic E-state index is 0.0629. The number of benzene rings is 2. The molecule has 0 aromatic heterocycles. The summed E-state index contributed by atoms with van der Waals surface area (Å²) in [6, 6.07) is 15.1. The Labute approximate surface area is 159 Å². The molecule has 1 heterocycles. The number of carbonyl (C=O) groups excluding carboxylic acids is 1. The quantitative estimate of drug-likeness (QED) is 0.761. The maximum atomic E-state index is 12.6. The standard InChI is InChI=1S/C19H22N2O3S2/c1-20(2)26(23,24)17-8-9-18-16(12-17)10-11-21(18)19(22)14-25-13-15-6-4-3-5-7-15/h3-9,12H,10-11,13-14H2,1-2H3. The first-order chi connectivity index (χ1) is 12.4. The van der Waals surface area contributed by atoms with Crippen LogP contribution in [0.3, 0.4) is 0 Å². The fraction of sp³-hybridized carbons (Fsp3) is 0.316. The highest BCUT2D eigenvalue weighted by atomic mass is 32.2. The van der Waals surface area contributed by atoms with Crippen LogP contribution in [0.15, 0.2) is 53.4 Å². The first-order valence-electron chi connectivity index (χ1n) is 8.37. The average Bonchev–Trinajstić information content (AvgIpc) is 3.05. The fourth-order valence-electron chi connectivity index (χ4n) is 2.92. The molecule has 2 aromatic rings. The van der Waals surface area contributed by atoms with E-state index in [9.17, 15) is 13.2 Å². The Morgan fingerprint density at radius 3 is 2.58 bits per heavy atom. The number of nitrogens with zero attached hydrogens (tertiary/aromatic N) is 2. The molecule has 1 aliphatic heterocycles. The zero-order chi connectivity index (χ0) is 18.7. The topological polar surface area (TPSA) is 57.7 Å². The van der Waals surface area contributed by atoms with E-state index in [4.69, 9.17) is 0 Å². The van der Waals surface area contributed by atoms with Crippen LogP contribution in [-0.4, -0.2) is 45.0 Å². The van der Waals surface area contributed by atoms with Gasteiger partial charge < -0.3 is 4.90 Å². The van der Waals surface area contributed by atoms with Gasteiger partial charge in [0.15, 0.2) is 0 Å². The Bertz CT molecular complexity index is 896. The molecule has 0 saturated carbocycles. The van der Waals surface area contributed by atoms with Crippen molar-refractivity contribution in [3.05, 3.63) is 59.7 Å². The number of sulfonamides is 1. The van der Waals surface area contributed by atoms with Crippen molar-refractivity contribution >= 4 is 33.4 Å². The smallest absolute Gasteiger partial charge is 0.242 e. The van der Waals surface area contributed by atoms with Gasteiger partial charge in [-0.15, -0.1) is 11.8 Å². The molecule has 0 N–H and O–H groups in total. The van der Waals surface area contributed by atoms with Crippen LogP contribution in [0.25, 0.3) is 0 Å². The molecule has 138 valence electrons. The van der Waals surface area contributed by atoms with Crippen molar-refractivity contribution < 1.29 is 13.2 Å². The summed E-state index contributed by atoms with van der Waals surface area (Å²) < 4.78 is 25.7. The van der Waals surface area contributed by atoms with E-state index < -0.39 is 10.0 Å². The van der Waals surface area contributed by atoms with E-state index in [-0.39, 0.29) is 10.8 Å². The number of hydrogen-bond acceptors (Lipinski definition) is 4. The number of amides is 1. The maximum absolute atomic E-state index is 12.6. The minimum atomic E-state index is -3.46. The molecule has 3 rings (SSSR count). The molecular weight excluding hydrogens is 368 g/mol. The molecular formula is C19H22N2O3S2. The second kappa shape index (κ2) is 7.82. The number of fused-ring (bicyclic) bond motifs is 1. The van der Waals surface area contributed by atoms with Crippen molar-refractivity contribution in [2.75, 3.05) is 31.3 Å². The van der Waals surface area contributed by atoms with Crippen LogP contribution in [0.4, 0.5) is 5.69 Å².